The maximum Gasteiger partial charge on any atom is 0.338 e. The van der Waals surface area contributed by atoms with Gasteiger partial charge in [-0.3, -0.25) is 9.89 Å². The number of carbonyl (C=O) groups is 2. The van der Waals surface area contributed by atoms with E-state index in [-0.39, 0.29) is 11.3 Å². The quantitative estimate of drug-likeness (QED) is 0.614. The molecule has 0 aliphatic rings. The molecule has 3 aromatic rings. The van der Waals surface area contributed by atoms with Crippen LogP contribution in [-0.4, -0.2) is 32.2 Å². The van der Waals surface area contributed by atoms with Gasteiger partial charge in [0.25, 0.3) is 5.91 Å². The summed E-state index contributed by atoms with van der Waals surface area (Å²) in [4.78, 5) is 29.0. The average molecular weight is 387 g/mol. The van der Waals surface area contributed by atoms with E-state index in [0.717, 1.165) is 11.1 Å². The number of H-pyrrole nitrogens is 1. The van der Waals surface area contributed by atoms with Crippen LogP contribution < -0.4 is 5.32 Å². The van der Waals surface area contributed by atoms with Gasteiger partial charge in [-0.1, -0.05) is 31.5 Å². The van der Waals surface area contributed by atoms with E-state index in [2.05, 4.69) is 20.5 Å². The molecule has 3 rings (SSSR count). The van der Waals surface area contributed by atoms with Crippen molar-refractivity contribution < 1.29 is 14.7 Å². The fourth-order valence-electron chi connectivity index (χ4n) is 3.18. The van der Waals surface area contributed by atoms with Crippen molar-refractivity contribution in [1.82, 2.24) is 15.2 Å². The number of carboxylic acids is 1. The SMILES string of the molecule is CCc1ccc(Cl)c(CC)c1NC(=O)c1nc2[nH]ncc2c(C)c1C(=O)O. The van der Waals surface area contributed by atoms with Gasteiger partial charge in [0, 0.05) is 16.1 Å². The molecule has 0 atom stereocenters. The van der Waals surface area contributed by atoms with E-state index in [1.807, 2.05) is 19.9 Å². The Bertz CT molecular complexity index is 1060. The van der Waals surface area contributed by atoms with Gasteiger partial charge in [-0.25, -0.2) is 9.78 Å². The lowest BCUT2D eigenvalue weighted by atomic mass is 10.0. The Morgan fingerprint density at radius 3 is 2.63 bits per heavy atom. The predicted octanol–water partition coefficient (Wildman–Crippen LogP) is 4.00. The number of amides is 1. The molecule has 2 aromatic heterocycles. The van der Waals surface area contributed by atoms with E-state index in [4.69, 9.17) is 11.6 Å². The minimum Gasteiger partial charge on any atom is -0.478 e. The third-order valence-corrected chi connectivity index (χ3v) is 4.96. The second-order valence-corrected chi connectivity index (χ2v) is 6.53. The largest absolute Gasteiger partial charge is 0.478 e. The van der Waals surface area contributed by atoms with Gasteiger partial charge in [0.2, 0.25) is 0 Å². The van der Waals surface area contributed by atoms with Gasteiger partial charge < -0.3 is 10.4 Å². The number of nitrogens with zero attached hydrogens (tertiary/aromatic N) is 2. The van der Waals surface area contributed by atoms with Crippen LogP contribution in [0.2, 0.25) is 5.02 Å². The van der Waals surface area contributed by atoms with Crippen LogP contribution in [0, 0.1) is 6.92 Å². The lowest BCUT2D eigenvalue weighted by molar-refractivity contribution is 0.0691. The van der Waals surface area contributed by atoms with Gasteiger partial charge in [-0.05, 0) is 42.5 Å². The number of benzene rings is 1. The number of pyridine rings is 1. The highest BCUT2D eigenvalue weighted by Crippen LogP contribution is 2.30. The predicted molar refractivity (Wildman–Crippen MR) is 104 cm³/mol. The molecular weight excluding hydrogens is 368 g/mol. The second-order valence-electron chi connectivity index (χ2n) is 6.12. The number of carboxylic acid groups (broad SMARTS) is 1. The number of fused-ring (bicyclic) bond motifs is 1. The fourth-order valence-corrected chi connectivity index (χ4v) is 3.48. The van der Waals surface area contributed by atoms with Gasteiger partial charge in [0.15, 0.2) is 5.65 Å². The van der Waals surface area contributed by atoms with E-state index in [1.54, 1.807) is 13.0 Å². The first-order chi connectivity index (χ1) is 12.9. The number of hydrogen-bond acceptors (Lipinski definition) is 4. The van der Waals surface area contributed by atoms with Gasteiger partial charge in [0.05, 0.1) is 11.8 Å². The van der Waals surface area contributed by atoms with Crippen molar-refractivity contribution in [2.75, 3.05) is 5.32 Å². The molecule has 1 amide bonds. The summed E-state index contributed by atoms with van der Waals surface area (Å²) in [5, 5.41) is 20.2. The zero-order chi connectivity index (χ0) is 19.7. The number of rotatable bonds is 5. The molecule has 27 heavy (non-hydrogen) atoms. The Labute approximate surface area is 160 Å². The lowest BCUT2D eigenvalue weighted by Gasteiger charge is -2.16. The maximum absolute atomic E-state index is 13.0. The van der Waals surface area contributed by atoms with Crippen LogP contribution in [0.3, 0.4) is 0 Å². The van der Waals surface area contributed by atoms with Crippen LogP contribution in [0.25, 0.3) is 11.0 Å². The van der Waals surface area contributed by atoms with Crippen LogP contribution in [0.1, 0.15) is 51.4 Å². The Morgan fingerprint density at radius 1 is 1.26 bits per heavy atom. The highest BCUT2D eigenvalue weighted by molar-refractivity contribution is 6.32. The standard InChI is InChI=1S/C19H19ClN4O3/c1-4-10-6-7-13(20)11(5-2)15(10)23-18(25)16-14(19(26)27)9(3)12-8-21-24-17(12)22-16/h6-8H,4-5H2,1-3H3,(H,23,25)(H,26,27)(H,21,22,24). The first-order valence-corrected chi connectivity index (χ1v) is 8.95. The molecule has 1 aromatic carbocycles. The van der Waals surface area contributed by atoms with Gasteiger partial charge in [0.1, 0.15) is 5.69 Å². The minimum absolute atomic E-state index is 0.139. The number of nitrogens with one attached hydrogen (secondary N) is 2. The first-order valence-electron chi connectivity index (χ1n) is 8.57. The zero-order valence-corrected chi connectivity index (χ0v) is 15.9. The Morgan fingerprint density at radius 2 is 2.00 bits per heavy atom. The molecule has 0 bridgehead atoms. The number of aromatic carboxylic acids is 1. The summed E-state index contributed by atoms with van der Waals surface area (Å²) in [5.41, 5.74) is 2.82. The Kier molecular flexibility index (Phi) is 5.14. The fraction of sp³-hybridized carbons (Fsp3) is 0.263. The van der Waals surface area contributed by atoms with Gasteiger partial charge >= 0.3 is 5.97 Å². The molecule has 0 saturated carbocycles. The van der Waals surface area contributed by atoms with Crippen LogP contribution in [0.4, 0.5) is 5.69 Å². The first kappa shape index (κ1) is 18.8. The van der Waals surface area contributed by atoms with E-state index >= 15 is 0 Å². The van der Waals surface area contributed by atoms with Gasteiger partial charge in [-0.2, -0.15) is 5.10 Å². The molecule has 140 valence electrons. The van der Waals surface area contributed by atoms with Gasteiger partial charge in [-0.15, -0.1) is 0 Å². The smallest absolute Gasteiger partial charge is 0.338 e. The van der Waals surface area contributed by atoms with Crippen LogP contribution in [0.5, 0.6) is 0 Å². The molecule has 0 radical (unpaired) electrons. The minimum atomic E-state index is -1.22. The third-order valence-electron chi connectivity index (χ3n) is 4.60. The molecule has 3 N–H and O–H groups in total. The monoisotopic (exact) mass is 386 g/mol. The highest BCUT2D eigenvalue weighted by Gasteiger charge is 2.25. The van der Waals surface area contributed by atoms with Crippen molar-refractivity contribution in [2.24, 2.45) is 0 Å². The molecule has 8 heteroatoms. The lowest BCUT2D eigenvalue weighted by Crippen LogP contribution is -2.21. The topological polar surface area (TPSA) is 108 Å². The normalized spacial score (nSPS) is 11.0. The molecule has 0 fully saturated rings. The molecule has 2 heterocycles. The number of aryl methyl sites for hydroxylation is 2. The summed E-state index contributed by atoms with van der Waals surface area (Å²) in [6.07, 6.45) is 2.81. The number of hydrogen-bond donors (Lipinski definition) is 3. The third kappa shape index (κ3) is 3.26. The number of aromatic nitrogens is 3. The Hall–Kier alpha value is -2.93. The molecule has 7 nitrogen and oxygen atoms in total. The zero-order valence-electron chi connectivity index (χ0n) is 15.2. The molecule has 0 spiro atoms. The maximum atomic E-state index is 13.0. The summed E-state index contributed by atoms with van der Waals surface area (Å²) in [7, 11) is 0. The number of halogens is 1. The van der Waals surface area contributed by atoms with Crippen LogP contribution in [0.15, 0.2) is 18.3 Å². The molecular formula is C19H19ClN4O3. The molecule has 0 aliphatic carbocycles. The van der Waals surface area contributed by atoms with Crippen molar-refractivity contribution in [3.05, 3.63) is 51.3 Å². The van der Waals surface area contributed by atoms with Crippen molar-refractivity contribution in [3.8, 4) is 0 Å². The number of anilines is 1. The van der Waals surface area contributed by atoms with E-state index < -0.39 is 11.9 Å². The summed E-state index contributed by atoms with van der Waals surface area (Å²) < 4.78 is 0. The Balaban J connectivity index is 2.14. The summed E-state index contributed by atoms with van der Waals surface area (Å²) in [6.45, 7) is 5.55. The average Bonchev–Trinajstić information content (AvgIpc) is 3.10. The second kappa shape index (κ2) is 7.36. The van der Waals surface area contributed by atoms with Crippen LogP contribution in [-0.2, 0) is 12.8 Å². The summed E-state index contributed by atoms with van der Waals surface area (Å²) in [6, 6.07) is 3.66. The number of aromatic amines is 1. The molecule has 0 unspecified atom stereocenters. The molecule has 0 aliphatic heterocycles. The van der Waals surface area contributed by atoms with Crippen molar-refractivity contribution in [2.45, 2.75) is 33.6 Å². The molecule has 0 saturated heterocycles. The van der Waals surface area contributed by atoms with Crippen molar-refractivity contribution >= 4 is 40.2 Å². The van der Waals surface area contributed by atoms with E-state index in [9.17, 15) is 14.7 Å². The number of carbonyl (C=O) groups excluding carboxylic acids is 1. The van der Waals surface area contributed by atoms with E-state index in [0.29, 0.717) is 40.1 Å². The van der Waals surface area contributed by atoms with Crippen molar-refractivity contribution in [1.29, 1.82) is 0 Å². The van der Waals surface area contributed by atoms with E-state index in [1.165, 1.54) is 6.20 Å². The van der Waals surface area contributed by atoms with Crippen molar-refractivity contribution in [3.63, 3.8) is 0 Å². The highest BCUT2D eigenvalue weighted by atomic mass is 35.5. The van der Waals surface area contributed by atoms with Crippen LogP contribution >= 0.6 is 11.6 Å². The summed E-state index contributed by atoms with van der Waals surface area (Å²) in [5.74, 6) is -1.82. The summed E-state index contributed by atoms with van der Waals surface area (Å²) >= 11 is 6.28.